The van der Waals surface area contributed by atoms with E-state index >= 15 is 0 Å². The molecular formula is C13H22N4O3S. The summed E-state index contributed by atoms with van der Waals surface area (Å²) >= 11 is 1.23. The number of morpholine rings is 1. The summed E-state index contributed by atoms with van der Waals surface area (Å²) in [5.41, 5.74) is 0. The van der Waals surface area contributed by atoms with Crippen LogP contribution in [0.1, 0.15) is 25.7 Å². The Morgan fingerprint density at radius 1 is 1.43 bits per heavy atom. The third-order valence-corrected chi connectivity index (χ3v) is 4.37. The molecule has 0 bridgehead atoms. The van der Waals surface area contributed by atoms with Crippen LogP contribution in [0.4, 0.5) is 0 Å². The molecule has 0 aromatic carbocycles. The number of aryl methyl sites for hydroxylation is 1. The zero-order valence-corrected chi connectivity index (χ0v) is 13.3. The third-order valence-electron chi connectivity index (χ3n) is 3.44. The molecule has 1 aliphatic rings. The van der Waals surface area contributed by atoms with Crippen LogP contribution >= 0.6 is 11.8 Å². The average molecular weight is 314 g/mol. The van der Waals surface area contributed by atoms with E-state index in [1.165, 1.54) is 11.8 Å². The first-order valence-corrected chi connectivity index (χ1v) is 8.18. The van der Waals surface area contributed by atoms with E-state index in [2.05, 4.69) is 26.6 Å². The number of nitrogens with zero attached hydrogens (tertiary/aromatic N) is 4. The fourth-order valence-electron chi connectivity index (χ4n) is 2.45. The predicted molar refractivity (Wildman–Crippen MR) is 79.7 cm³/mol. The Labute approximate surface area is 128 Å². The average Bonchev–Trinajstić information content (AvgIpc) is 2.89. The molecule has 2 heterocycles. The van der Waals surface area contributed by atoms with E-state index in [1.54, 1.807) is 0 Å². The van der Waals surface area contributed by atoms with Crippen molar-refractivity contribution in [1.29, 1.82) is 0 Å². The van der Waals surface area contributed by atoms with Crippen molar-refractivity contribution in [2.24, 2.45) is 0 Å². The lowest BCUT2D eigenvalue weighted by Gasteiger charge is -2.30. The number of hydrogen-bond donors (Lipinski definition) is 1. The molecule has 0 radical (unpaired) electrons. The summed E-state index contributed by atoms with van der Waals surface area (Å²) < 4.78 is 7.44. The van der Waals surface area contributed by atoms with Crippen LogP contribution in [-0.2, 0) is 16.0 Å². The van der Waals surface area contributed by atoms with Gasteiger partial charge in [0.05, 0.1) is 19.0 Å². The number of hydrogen-bond acceptors (Lipinski definition) is 6. The summed E-state index contributed by atoms with van der Waals surface area (Å²) in [6.45, 7) is 8.48. The largest absolute Gasteiger partial charge is 0.481 e. The molecule has 1 fully saturated rings. The van der Waals surface area contributed by atoms with Crippen LogP contribution in [0, 0.1) is 0 Å². The van der Waals surface area contributed by atoms with Crippen LogP contribution < -0.4 is 0 Å². The summed E-state index contributed by atoms with van der Waals surface area (Å²) in [7, 11) is 0. The van der Waals surface area contributed by atoms with Crippen molar-refractivity contribution in [3.05, 3.63) is 5.82 Å². The van der Waals surface area contributed by atoms with E-state index in [4.69, 9.17) is 9.84 Å². The number of carboxylic acid groups (broad SMARTS) is 1. The van der Waals surface area contributed by atoms with Gasteiger partial charge in [-0.2, -0.15) is 0 Å². The van der Waals surface area contributed by atoms with Crippen LogP contribution in [0.2, 0.25) is 0 Å². The second-order valence-corrected chi connectivity index (χ2v) is 6.01. The van der Waals surface area contributed by atoms with Gasteiger partial charge in [-0.25, -0.2) is 0 Å². The quantitative estimate of drug-likeness (QED) is 0.749. The molecule has 0 amide bonds. The molecule has 1 aromatic rings. The Morgan fingerprint density at radius 2 is 2.14 bits per heavy atom. The fourth-order valence-corrected chi connectivity index (χ4v) is 3.23. The van der Waals surface area contributed by atoms with Gasteiger partial charge in [-0.15, -0.1) is 10.2 Å². The van der Waals surface area contributed by atoms with Gasteiger partial charge >= 0.3 is 5.97 Å². The van der Waals surface area contributed by atoms with Crippen LogP contribution in [0.3, 0.4) is 0 Å². The molecule has 1 aliphatic heterocycles. The molecule has 7 nitrogen and oxygen atoms in total. The Hall–Kier alpha value is -1.12. The van der Waals surface area contributed by atoms with Gasteiger partial charge in [0.2, 0.25) is 0 Å². The molecule has 1 N–H and O–H groups in total. The molecule has 1 saturated heterocycles. The number of rotatable bonds is 7. The molecule has 0 aliphatic carbocycles. The minimum atomic E-state index is -0.839. The molecule has 2 rings (SSSR count). The highest BCUT2D eigenvalue weighted by Crippen LogP contribution is 2.23. The zero-order chi connectivity index (χ0) is 15.2. The van der Waals surface area contributed by atoms with Gasteiger partial charge in [0.25, 0.3) is 0 Å². The second-order valence-electron chi connectivity index (χ2n) is 5.07. The maximum Gasteiger partial charge on any atom is 0.313 e. The Balaban J connectivity index is 2.07. The molecule has 1 aromatic heterocycles. The first-order valence-electron chi connectivity index (χ1n) is 7.20. The van der Waals surface area contributed by atoms with Crippen molar-refractivity contribution in [3.8, 4) is 0 Å². The molecule has 1 unspecified atom stereocenters. The lowest BCUT2D eigenvalue weighted by molar-refractivity contribution is -0.133. The molecule has 118 valence electrons. The number of aromatic nitrogens is 3. The van der Waals surface area contributed by atoms with Crippen LogP contribution in [0.15, 0.2) is 5.16 Å². The highest BCUT2D eigenvalue weighted by molar-refractivity contribution is 7.99. The van der Waals surface area contributed by atoms with E-state index in [9.17, 15) is 4.79 Å². The highest BCUT2D eigenvalue weighted by atomic mass is 32.2. The van der Waals surface area contributed by atoms with Crippen molar-refractivity contribution >= 4 is 17.7 Å². The van der Waals surface area contributed by atoms with Crippen molar-refractivity contribution in [2.75, 3.05) is 38.6 Å². The summed E-state index contributed by atoms with van der Waals surface area (Å²) in [5.74, 6) is 0.0728. The van der Waals surface area contributed by atoms with E-state index in [1.807, 2.05) is 6.92 Å². The Morgan fingerprint density at radius 3 is 2.76 bits per heavy atom. The normalized spacial score (nSPS) is 17.8. The van der Waals surface area contributed by atoms with Crippen LogP contribution in [0.25, 0.3) is 0 Å². The number of carbonyl (C=O) groups is 1. The third kappa shape index (κ3) is 4.42. The Kier molecular flexibility index (Phi) is 6.01. The van der Waals surface area contributed by atoms with Crippen LogP contribution in [-0.4, -0.2) is 69.3 Å². The van der Waals surface area contributed by atoms with Gasteiger partial charge in [0.15, 0.2) is 5.16 Å². The molecule has 8 heteroatoms. The minimum Gasteiger partial charge on any atom is -0.481 e. The summed E-state index contributed by atoms with van der Waals surface area (Å²) in [6.07, 6.45) is 0.786. The zero-order valence-electron chi connectivity index (χ0n) is 12.5. The van der Waals surface area contributed by atoms with E-state index < -0.39 is 5.97 Å². The molecule has 0 spiro atoms. The van der Waals surface area contributed by atoms with Gasteiger partial charge in [-0.3, -0.25) is 9.69 Å². The second kappa shape index (κ2) is 7.77. The van der Waals surface area contributed by atoms with Crippen molar-refractivity contribution in [2.45, 2.75) is 31.5 Å². The lowest BCUT2D eigenvalue weighted by atomic mass is 10.2. The van der Waals surface area contributed by atoms with Crippen molar-refractivity contribution in [3.63, 3.8) is 0 Å². The first-order chi connectivity index (χ1) is 10.1. The van der Waals surface area contributed by atoms with E-state index in [-0.39, 0.29) is 11.8 Å². The van der Waals surface area contributed by atoms with Gasteiger partial charge < -0.3 is 14.4 Å². The maximum absolute atomic E-state index is 10.7. The van der Waals surface area contributed by atoms with E-state index in [0.717, 1.165) is 45.1 Å². The number of aliphatic carboxylic acids is 1. The summed E-state index contributed by atoms with van der Waals surface area (Å²) in [5, 5.41) is 17.8. The number of ether oxygens (including phenoxy) is 1. The predicted octanol–water partition coefficient (Wildman–Crippen LogP) is 0.910. The summed E-state index contributed by atoms with van der Waals surface area (Å²) in [6, 6.07) is 0.212. The molecule has 1 atom stereocenters. The fraction of sp³-hybridized carbons (Fsp3) is 0.769. The monoisotopic (exact) mass is 314 g/mol. The van der Waals surface area contributed by atoms with Gasteiger partial charge in [-0.1, -0.05) is 18.7 Å². The van der Waals surface area contributed by atoms with Gasteiger partial charge in [-0.05, 0) is 6.92 Å². The Bertz CT molecular complexity index is 474. The molecule has 0 saturated carbocycles. The first kappa shape index (κ1) is 16.3. The smallest absolute Gasteiger partial charge is 0.313 e. The SMILES string of the molecule is CCc1nnc(SCC(=O)O)n1C(C)CN1CCOCC1. The van der Waals surface area contributed by atoms with Gasteiger partial charge in [0.1, 0.15) is 5.82 Å². The number of carboxylic acids is 1. The van der Waals surface area contributed by atoms with Crippen molar-refractivity contribution in [1.82, 2.24) is 19.7 Å². The standard InChI is InChI=1S/C13H22N4O3S/c1-3-11-14-15-13(21-9-12(18)19)17(11)10(2)8-16-4-6-20-7-5-16/h10H,3-9H2,1-2H3,(H,18,19). The molecular weight excluding hydrogens is 292 g/mol. The maximum atomic E-state index is 10.7. The van der Waals surface area contributed by atoms with Gasteiger partial charge in [0, 0.05) is 32.1 Å². The topological polar surface area (TPSA) is 80.5 Å². The lowest BCUT2D eigenvalue weighted by Crippen LogP contribution is -2.39. The number of thioether (sulfide) groups is 1. The minimum absolute atomic E-state index is 0.00607. The summed E-state index contributed by atoms with van der Waals surface area (Å²) in [4.78, 5) is 13.1. The van der Waals surface area contributed by atoms with Crippen LogP contribution in [0.5, 0.6) is 0 Å². The molecule has 21 heavy (non-hydrogen) atoms. The van der Waals surface area contributed by atoms with Crippen molar-refractivity contribution < 1.29 is 14.6 Å². The highest BCUT2D eigenvalue weighted by Gasteiger charge is 2.21. The van der Waals surface area contributed by atoms with E-state index in [0.29, 0.717) is 5.16 Å².